The Morgan fingerprint density at radius 3 is 2.74 bits per heavy atom. The van der Waals surface area contributed by atoms with Crippen LogP contribution in [-0.4, -0.2) is 47.9 Å². The van der Waals surface area contributed by atoms with E-state index in [0.717, 1.165) is 0 Å². The largest absolute Gasteiger partial charge is 0.511 e. The van der Waals surface area contributed by atoms with Crippen molar-refractivity contribution in [2.24, 2.45) is 4.99 Å². The minimum absolute atomic E-state index is 0.0202. The van der Waals surface area contributed by atoms with E-state index < -0.39 is 5.97 Å². The molecule has 6 nitrogen and oxygen atoms in total. The summed E-state index contributed by atoms with van der Waals surface area (Å²) in [6, 6.07) is 0. The van der Waals surface area contributed by atoms with Gasteiger partial charge in [-0.3, -0.25) is 14.6 Å². The van der Waals surface area contributed by atoms with Gasteiger partial charge in [-0.15, -0.1) is 0 Å². The summed E-state index contributed by atoms with van der Waals surface area (Å²) in [6.45, 7) is 0.101. The second-order valence-corrected chi connectivity index (χ2v) is 4.23. The number of carbonyl (C=O) groups is 2. The number of carbonyl (C=O) groups excluding carboxylic acids is 2. The Hall–Kier alpha value is -1.69. The Balaban J connectivity index is 2.87. The highest BCUT2D eigenvalue weighted by atomic mass is 16.5. The number of nitrogens with zero attached hydrogens (tertiary/aromatic N) is 1. The Labute approximate surface area is 111 Å². The monoisotopic (exact) mass is 269 g/mol. The maximum Gasteiger partial charge on any atom is 0.305 e. The number of aliphatic hydroxyl groups is 2. The van der Waals surface area contributed by atoms with Gasteiger partial charge in [-0.1, -0.05) is 0 Å². The first kappa shape index (κ1) is 15.4. The summed E-state index contributed by atoms with van der Waals surface area (Å²) in [6.07, 6.45) is 1.74. The van der Waals surface area contributed by atoms with Gasteiger partial charge in [-0.05, 0) is 12.8 Å². The molecule has 0 aromatic heterocycles. The van der Waals surface area contributed by atoms with E-state index in [2.05, 4.69) is 9.73 Å². The molecule has 0 unspecified atom stereocenters. The van der Waals surface area contributed by atoms with Crippen LogP contribution in [0.25, 0.3) is 0 Å². The minimum Gasteiger partial charge on any atom is -0.511 e. The Bertz CT molecular complexity index is 411. The van der Waals surface area contributed by atoms with Crippen LogP contribution >= 0.6 is 0 Å². The van der Waals surface area contributed by atoms with Gasteiger partial charge in [0.1, 0.15) is 5.76 Å². The number of allylic oxidation sites excluding steroid dienone is 2. The molecule has 0 saturated heterocycles. The molecule has 0 bridgehead atoms. The van der Waals surface area contributed by atoms with E-state index in [-0.39, 0.29) is 43.1 Å². The van der Waals surface area contributed by atoms with Crippen molar-refractivity contribution in [1.29, 1.82) is 0 Å². The highest BCUT2D eigenvalue weighted by molar-refractivity contribution is 6.24. The normalized spacial score (nSPS) is 20.5. The van der Waals surface area contributed by atoms with Crippen LogP contribution in [0.15, 0.2) is 16.3 Å². The van der Waals surface area contributed by atoms with Crippen LogP contribution in [0.5, 0.6) is 0 Å². The highest BCUT2D eigenvalue weighted by Gasteiger charge is 2.25. The number of Topliss-reactive ketones (excluding diaryl/α,β-unsaturated/α-hetero) is 1. The standard InChI is InChI=1S/C13H19NO5/c1-19-12(18)6-5-11(17)13-9(14-7-8-15)3-2-4-10(13)16/h15,17H,2-8H2,1H3. The van der Waals surface area contributed by atoms with Gasteiger partial charge in [0.05, 0.1) is 32.3 Å². The van der Waals surface area contributed by atoms with Gasteiger partial charge in [-0.2, -0.15) is 0 Å². The van der Waals surface area contributed by atoms with E-state index >= 15 is 0 Å². The Morgan fingerprint density at radius 2 is 2.11 bits per heavy atom. The maximum atomic E-state index is 11.8. The second-order valence-electron chi connectivity index (χ2n) is 4.23. The molecule has 0 spiro atoms. The van der Waals surface area contributed by atoms with Crippen molar-refractivity contribution < 1.29 is 24.5 Å². The summed E-state index contributed by atoms with van der Waals surface area (Å²) in [5.74, 6) is -0.721. The van der Waals surface area contributed by atoms with Crippen LogP contribution in [0.1, 0.15) is 32.1 Å². The molecule has 2 N–H and O–H groups in total. The molecule has 0 atom stereocenters. The fraction of sp³-hybridized carbons (Fsp3) is 0.615. The zero-order valence-corrected chi connectivity index (χ0v) is 11.0. The lowest BCUT2D eigenvalue weighted by atomic mass is 9.89. The van der Waals surface area contributed by atoms with E-state index in [1.165, 1.54) is 7.11 Å². The molecule has 1 fully saturated rings. The predicted molar refractivity (Wildman–Crippen MR) is 69.2 cm³/mol. The molecule has 0 aromatic rings. The lowest BCUT2D eigenvalue weighted by Crippen LogP contribution is -2.22. The molecule has 0 aliphatic heterocycles. The highest BCUT2D eigenvalue weighted by Crippen LogP contribution is 2.22. The third-order valence-electron chi connectivity index (χ3n) is 2.87. The van der Waals surface area contributed by atoms with E-state index in [4.69, 9.17) is 5.11 Å². The fourth-order valence-corrected chi connectivity index (χ4v) is 1.95. The SMILES string of the molecule is COC(=O)CCC(O)=C1C(=O)CCCC1=NCCO. The summed E-state index contributed by atoms with van der Waals surface area (Å²) < 4.78 is 4.49. The average molecular weight is 269 g/mol. The number of hydrogen-bond donors (Lipinski definition) is 2. The molecule has 0 amide bonds. The second kappa shape index (κ2) is 7.68. The number of hydrogen-bond acceptors (Lipinski definition) is 6. The average Bonchev–Trinajstić information content (AvgIpc) is 2.42. The van der Waals surface area contributed by atoms with Crippen LogP contribution in [0, 0.1) is 0 Å². The zero-order chi connectivity index (χ0) is 14.3. The topological polar surface area (TPSA) is 96.2 Å². The van der Waals surface area contributed by atoms with Crippen molar-refractivity contribution in [3.8, 4) is 0 Å². The van der Waals surface area contributed by atoms with Crippen molar-refractivity contribution in [2.75, 3.05) is 20.3 Å². The number of aliphatic hydroxyl groups excluding tert-OH is 2. The Kier molecular flexibility index (Phi) is 6.21. The molecule has 0 radical (unpaired) electrons. The number of ketones is 1. The molecule has 1 aliphatic rings. The van der Waals surface area contributed by atoms with Crippen LogP contribution in [0.4, 0.5) is 0 Å². The molecule has 106 valence electrons. The first-order valence-electron chi connectivity index (χ1n) is 6.26. The van der Waals surface area contributed by atoms with Gasteiger partial charge in [0.25, 0.3) is 0 Å². The molecule has 1 rings (SSSR count). The predicted octanol–water partition coefficient (Wildman–Crippen LogP) is 0.938. The quantitative estimate of drug-likeness (QED) is 0.440. The lowest BCUT2D eigenvalue weighted by molar-refractivity contribution is -0.140. The molecule has 0 heterocycles. The molecular formula is C13H19NO5. The van der Waals surface area contributed by atoms with Crippen molar-refractivity contribution >= 4 is 17.5 Å². The summed E-state index contributed by atoms with van der Waals surface area (Å²) >= 11 is 0. The van der Waals surface area contributed by atoms with E-state index in [9.17, 15) is 14.7 Å². The van der Waals surface area contributed by atoms with Crippen molar-refractivity contribution in [1.82, 2.24) is 0 Å². The van der Waals surface area contributed by atoms with Crippen molar-refractivity contribution in [2.45, 2.75) is 32.1 Å². The summed E-state index contributed by atoms with van der Waals surface area (Å²) in [7, 11) is 1.27. The first-order valence-corrected chi connectivity index (χ1v) is 6.26. The van der Waals surface area contributed by atoms with Crippen molar-refractivity contribution in [3.63, 3.8) is 0 Å². The van der Waals surface area contributed by atoms with Gasteiger partial charge in [-0.25, -0.2) is 0 Å². The minimum atomic E-state index is -0.441. The number of aliphatic imine (C=N–C) groups is 1. The molecule has 19 heavy (non-hydrogen) atoms. The van der Waals surface area contributed by atoms with Gasteiger partial charge in [0.15, 0.2) is 5.78 Å². The molecule has 6 heteroatoms. The van der Waals surface area contributed by atoms with Crippen LogP contribution in [0.2, 0.25) is 0 Å². The van der Waals surface area contributed by atoms with Gasteiger partial charge >= 0.3 is 5.97 Å². The molecule has 0 aromatic carbocycles. The molecule has 1 saturated carbocycles. The maximum absolute atomic E-state index is 11.8. The third kappa shape index (κ3) is 4.48. The van der Waals surface area contributed by atoms with Crippen LogP contribution in [0.3, 0.4) is 0 Å². The number of rotatable bonds is 5. The summed E-state index contributed by atoms with van der Waals surface area (Å²) in [4.78, 5) is 27.0. The molecule has 1 aliphatic carbocycles. The lowest BCUT2D eigenvalue weighted by Gasteiger charge is -2.17. The van der Waals surface area contributed by atoms with Crippen LogP contribution < -0.4 is 0 Å². The summed E-state index contributed by atoms with van der Waals surface area (Å²) in [5, 5.41) is 18.7. The number of methoxy groups -OCH3 is 1. The fourth-order valence-electron chi connectivity index (χ4n) is 1.95. The zero-order valence-electron chi connectivity index (χ0n) is 11.0. The third-order valence-corrected chi connectivity index (χ3v) is 2.87. The van der Waals surface area contributed by atoms with E-state index in [1.54, 1.807) is 0 Å². The smallest absolute Gasteiger partial charge is 0.305 e. The van der Waals surface area contributed by atoms with Gasteiger partial charge < -0.3 is 14.9 Å². The van der Waals surface area contributed by atoms with E-state index in [1.807, 2.05) is 0 Å². The van der Waals surface area contributed by atoms with E-state index in [0.29, 0.717) is 25.0 Å². The first-order chi connectivity index (χ1) is 9.10. The van der Waals surface area contributed by atoms with Crippen molar-refractivity contribution in [3.05, 3.63) is 11.3 Å². The van der Waals surface area contributed by atoms with Gasteiger partial charge in [0.2, 0.25) is 0 Å². The number of esters is 1. The molecular weight excluding hydrogens is 250 g/mol. The Morgan fingerprint density at radius 1 is 1.37 bits per heavy atom. The van der Waals surface area contributed by atoms with Gasteiger partial charge in [0, 0.05) is 18.6 Å². The number of ether oxygens (including phenoxy) is 1. The summed E-state index contributed by atoms with van der Waals surface area (Å²) in [5.41, 5.74) is 0.733. The van der Waals surface area contributed by atoms with Crippen LogP contribution in [-0.2, 0) is 14.3 Å².